The third kappa shape index (κ3) is 2.38. The molecule has 5 rings (SSSR count). The molecule has 0 bridgehead atoms. The molecule has 4 aromatic heterocycles. The van der Waals surface area contributed by atoms with Gasteiger partial charge in [0, 0.05) is 24.4 Å². The van der Waals surface area contributed by atoms with E-state index in [9.17, 15) is 0 Å². The first-order chi connectivity index (χ1) is 12.7. The van der Waals surface area contributed by atoms with Crippen LogP contribution in [0.3, 0.4) is 0 Å². The SMILES string of the molecule is COc1nccc2oc(-c3cnc4ccc(OC5CC(N)C5)nn34)cc12. The molecule has 1 aliphatic carbocycles. The Kier molecular flexibility index (Phi) is 3.32. The normalized spacial score (nSPS) is 19.6. The highest BCUT2D eigenvalue weighted by molar-refractivity contribution is 5.86. The molecule has 0 radical (unpaired) electrons. The Morgan fingerprint density at radius 3 is 2.92 bits per heavy atom. The summed E-state index contributed by atoms with van der Waals surface area (Å²) in [6, 6.07) is 7.60. The van der Waals surface area contributed by atoms with E-state index in [4.69, 9.17) is 19.6 Å². The summed E-state index contributed by atoms with van der Waals surface area (Å²) >= 11 is 0. The lowest BCUT2D eigenvalue weighted by Crippen LogP contribution is -2.43. The Morgan fingerprint density at radius 1 is 1.23 bits per heavy atom. The predicted octanol–water partition coefficient (Wildman–Crippen LogP) is 2.41. The highest BCUT2D eigenvalue weighted by atomic mass is 16.5. The summed E-state index contributed by atoms with van der Waals surface area (Å²) in [4.78, 5) is 8.59. The Hall–Kier alpha value is -3.13. The molecule has 4 aromatic rings. The zero-order chi connectivity index (χ0) is 17.7. The van der Waals surface area contributed by atoms with E-state index in [0.717, 1.165) is 23.9 Å². The lowest BCUT2D eigenvalue weighted by molar-refractivity contribution is 0.0944. The highest BCUT2D eigenvalue weighted by Gasteiger charge is 2.28. The van der Waals surface area contributed by atoms with Crippen LogP contribution < -0.4 is 15.2 Å². The van der Waals surface area contributed by atoms with Crippen molar-refractivity contribution in [3.8, 4) is 23.2 Å². The van der Waals surface area contributed by atoms with E-state index in [2.05, 4.69) is 15.1 Å². The maximum Gasteiger partial charge on any atom is 0.232 e. The average Bonchev–Trinajstić information content (AvgIpc) is 3.23. The number of rotatable bonds is 4. The second-order valence-electron chi connectivity index (χ2n) is 6.40. The van der Waals surface area contributed by atoms with Gasteiger partial charge in [0.05, 0.1) is 18.7 Å². The van der Waals surface area contributed by atoms with Crippen molar-refractivity contribution >= 4 is 16.6 Å². The fraction of sp³-hybridized carbons (Fsp3) is 0.278. The van der Waals surface area contributed by atoms with Crippen molar-refractivity contribution in [1.82, 2.24) is 19.6 Å². The third-order valence-corrected chi connectivity index (χ3v) is 4.61. The number of pyridine rings is 1. The van der Waals surface area contributed by atoms with Gasteiger partial charge >= 0.3 is 0 Å². The number of hydrogen-bond donors (Lipinski definition) is 1. The number of aromatic nitrogens is 4. The van der Waals surface area contributed by atoms with Gasteiger partial charge in [0.25, 0.3) is 0 Å². The number of furan rings is 1. The van der Waals surface area contributed by atoms with Crippen molar-refractivity contribution in [2.24, 2.45) is 5.73 Å². The van der Waals surface area contributed by atoms with Gasteiger partial charge < -0.3 is 19.6 Å². The van der Waals surface area contributed by atoms with Gasteiger partial charge in [0.1, 0.15) is 17.4 Å². The lowest BCUT2D eigenvalue weighted by atomic mass is 9.90. The van der Waals surface area contributed by atoms with Crippen molar-refractivity contribution in [2.75, 3.05) is 7.11 Å². The zero-order valence-electron chi connectivity index (χ0n) is 14.1. The molecule has 132 valence electrons. The van der Waals surface area contributed by atoms with Gasteiger partial charge in [-0.2, -0.15) is 0 Å². The van der Waals surface area contributed by atoms with Crippen molar-refractivity contribution in [1.29, 1.82) is 0 Å². The summed E-state index contributed by atoms with van der Waals surface area (Å²) in [7, 11) is 1.58. The summed E-state index contributed by atoms with van der Waals surface area (Å²) in [5.74, 6) is 1.70. The van der Waals surface area contributed by atoms with E-state index in [1.165, 1.54) is 0 Å². The molecule has 4 heterocycles. The van der Waals surface area contributed by atoms with Crippen LogP contribution in [0.2, 0.25) is 0 Å². The van der Waals surface area contributed by atoms with Crippen LogP contribution in [0.1, 0.15) is 12.8 Å². The van der Waals surface area contributed by atoms with Crippen LogP contribution in [-0.4, -0.2) is 38.8 Å². The smallest absolute Gasteiger partial charge is 0.232 e. The first kappa shape index (κ1) is 15.2. The Balaban J connectivity index is 1.56. The Bertz CT molecular complexity index is 1100. The van der Waals surface area contributed by atoms with Crippen LogP contribution in [0, 0.1) is 0 Å². The maximum absolute atomic E-state index is 5.95. The summed E-state index contributed by atoms with van der Waals surface area (Å²) in [6.07, 6.45) is 5.21. The van der Waals surface area contributed by atoms with Gasteiger partial charge in [-0.3, -0.25) is 0 Å². The molecule has 1 saturated carbocycles. The maximum atomic E-state index is 5.95. The second-order valence-corrected chi connectivity index (χ2v) is 6.40. The summed E-state index contributed by atoms with van der Waals surface area (Å²) in [5.41, 5.74) is 7.95. The van der Waals surface area contributed by atoms with Gasteiger partial charge in [0.2, 0.25) is 11.8 Å². The number of hydrogen-bond acceptors (Lipinski definition) is 7. The van der Waals surface area contributed by atoms with Gasteiger partial charge in [-0.25, -0.2) is 14.5 Å². The molecule has 8 nitrogen and oxygen atoms in total. The molecule has 0 saturated heterocycles. The molecule has 0 spiro atoms. The third-order valence-electron chi connectivity index (χ3n) is 4.61. The molecule has 0 unspecified atom stereocenters. The molecule has 0 atom stereocenters. The first-order valence-electron chi connectivity index (χ1n) is 8.41. The van der Waals surface area contributed by atoms with Gasteiger partial charge in [-0.05, 0) is 25.0 Å². The molecule has 2 N–H and O–H groups in total. The van der Waals surface area contributed by atoms with Crippen molar-refractivity contribution in [3.63, 3.8) is 0 Å². The topological polar surface area (TPSA) is 101 Å². The molecule has 1 aliphatic rings. The van der Waals surface area contributed by atoms with E-state index in [1.807, 2.05) is 18.2 Å². The zero-order valence-corrected chi connectivity index (χ0v) is 14.1. The lowest BCUT2D eigenvalue weighted by Gasteiger charge is -2.31. The summed E-state index contributed by atoms with van der Waals surface area (Å²) in [5, 5.41) is 5.36. The number of nitrogens with zero attached hydrogens (tertiary/aromatic N) is 4. The quantitative estimate of drug-likeness (QED) is 0.602. The van der Waals surface area contributed by atoms with Crippen LogP contribution in [0.4, 0.5) is 0 Å². The van der Waals surface area contributed by atoms with E-state index in [0.29, 0.717) is 28.8 Å². The largest absolute Gasteiger partial charge is 0.480 e. The molecular formula is C18H17N5O3. The molecular weight excluding hydrogens is 334 g/mol. The van der Waals surface area contributed by atoms with E-state index in [-0.39, 0.29) is 12.1 Å². The Morgan fingerprint density at radius 2 is 2.12 bits per heavy atom. The minimum Gasteiger partial charge on any atom is -0.480 e. The van der Waals surface area contributed by atoms with Gasteiger partial charge in [0.15, 0.2) is 11.4 Å². The van der Waals surface area contributed by atoms with Crippen molar-refractivity contribution in [3.05, 3.63) is 36.7 Å². The first-order valence-corrected chi connectivity index (χ1v) is 8.41. The summed E-state index contributed by atoms with van der Waals surface area (Å²) in [6.45, 7) is 0. The molecule has 26 heavy (non-hydrogen) atoms. The number of methoxy groups -OCH3 is 1. The van der Waals surface area contributed by atoms with Gasteiger partial charge in [-0.1, -0.05) is 0 Å². The number of fused-ring (bicyclic) bond motifs is 2. The van der Waals surface area contributed by atoms with Gasteiger partial charge in [-0.15, -0.1) is 5.10 Å². The summed E-state index contributed by atoms with van der Waals surface area (Å²) < 4.78 is 18.8. The fourth-order valence-electron chi connectivity index (χ4n) is 3.19. The number of ether oxygens (including phenoxy) is 2. The minimum absolute atomic E-state index is 0.128. The highest BCUT2D eigenvalue weighted by Crippen LogP contribution is 2.32. The fourth-order valence-corrected chi connectivity index (χ4v) is 3.19. The number of nitrogens with two attached hydrogens (primary N) is 1. The molecule has 8 heteroatoms. The molecule has 1 fully saturated rings. The van der Waals surface area contributed by atoms with Crippen molar-refractivity contribution < 1.29 is 13.9 Å². The minimum atomic E-state index is 0.128. The monoisotopic (exact) mass is 351 g/mol. The standard InChI is InChI=1S/C18H17N5O3/c1-24-18-12-8-15(26-14(12)4-5-20-18)13-9-21-16-2-3-17(22-23(13)16)25-11-6-10(19)7-11/h2-5,8-11H,6-7,19H2,1H3. The van der Waals surface area contributed by atoms with E-state index < -0.39 is 0 Å². The van der Waals surface area contributed by atoms with Crippen LogP contribution in [0.5, 0.6) is 11.8 Å². The van der Waals surface area contributed by atoms with E-state index >= 15 is 0 Å². The molecule has 0 aromatic carbocycles. The van der Waals surface area contributed by atoms with Crippen molar-refractivity contribution in [2.45, 2.75) is 25.0 Å². The molecule has 0 aliphatic heterocycles. The van der Waals surface area contributed by atoms with Crippen LogP contribution >= 0.6 is 0 Å². The van der Waals surface area contributed by atoms with Crippen LogP contribution in [0.15, 0.2) is 41.1 Å². The van der Waals surface area contributed by atoms with Crippen LogP contribution in [0.25, 0.3) is 28.1 Å². The molecule has 0 amide bonds. The van der Waals surface area contributed by atoms with E-state index in [1.54, 1.807) is 30.1 Å². The van der Waals surface area contributed by atoms with Crippen LogP contribution in [-0.2, 0) is 0 Å². The predicted molar refractivity (Wildman–Crippen MR) is 94.2 cm³/mol. The average molecular weight is 351 g/mol. The number of imidazole rings is 1. The Labute approximate surface area is 148 Å². The second kappa shape index (κ2) is 5.70.